The van der Waals surface area contributed by atoms with E-state index < -0.39 is 0 Å². The molecule has 20 heavy (non-hydrogen) atoms. The smallest absolute Gasteiger partial charge is 0.141 e. The summed E-state index contributed by atoms with van der Waals surface area (Å²) in [4.78, 5) is 8.63. The van der Waals surface area contributed by atoms with E-state index in [0.717, 1.165) is 21.3 Å². The number of aromatic nitrogens is 2. The van der Waals surface area contributed by atoms with Crippen molar-refractivity contribution in [2.45, 2.75) is 0 Å². The van der Waals surface area contributed by atoms with Crippen molar-refractivity contribution in [2.24, 2.45) is 0 Å². The fourth-order valence-corrected chi connectivity index (χ4v) is 2.21. The molecular weight excluding hydrogens is 316 g/mol. The van der Waals surface area contributed by atoms with Gasteiger partial charge in [-0.3, -0.25) is 4.98 Å². The van der Waals surface area contributed by atoms with Gasteiger partial charge in [-0.15, -0.1) is 0 Å². The first kappa shape index (κ1) is 12.8. The number of hydrogen-bond donors (Lipinski definition) is 1. The van der Waals surface area contributed by atoms with Gasteiger partial charge in [-0.05, 0) is 36.4 Å². The Bertz CT molecular complexity index is 727. The van der Waals surface area contributed by atoms with Gasteiger partial charge in [-0.2, -0.15) is 0 Å². The molecule has 2 heterocycles. The summed E-state index contributed by atoms with van der Waals surface area (Å²) in [7, 11) is 0. The van der Waals surface area contributed by atoms with Gasteiger partial charge in [0.15, 0.2) is 0 Å². The van der Waals surface area contributed by atoms with Crippen molar-refractivity contribution in [1.29, 1.82) is 0 Å². The molecule has 4 heteroatoms. The van der Waals surface area contributed by atoms with Gasteiger partial charge in [0.05, 0.1) is 5.69 Å². The summed E-state index contributed by atoms with van der Waals surface area (Å²) in [6.07, 6.45) is 3.48. The van der Waals surface area contributed by atoms with E-state index in [4.69, 9.17) is 0 Å². The standard InChI is InChI=1S/C16H11BrN2O/c17-13-5-3-11(4-6-13)16-15(20)8-7-14(19-16)12-2-1-9-18-10-12/h1-10,20H. The first-order valence-electron chi connectivity index (χ1n) is 6.10. The highest BCUT2D eigenvalue weighted by Gasteiger charge is 2.08. The van der Waals surface area contributed by atoms with Gasteiger partial charge in [0.2, 0.25) is 0 Å². The van der Waals surface area contributed by atoms with E-state index in [1.165, 1.54) is 0 Å². The van der Waals surface area contributed by atoms with Crippen molar-refractivity contribution >= 4 is 15.9 Å². The van der Waals surface area contributed by atoms with Gasteiger partial charge in [-0.25, -0.2) is 4.98 Å². The predicted octanol–water partition coefficient (Wildman–Crippen LogP) is 4.28. The Morgan fingerprint density at radius 3 is 2.40 bits per heavy atom. The molecule has 0 aliphatic rings. The summed E-state index contributed by atoms with van der Waals surface area (Å²) in [6.45, 7) is 0. The Labute approximate surface area is 125 Å². The minimum Gasteiger partial charge on any atom is -0.506 e. The first-order chi connectivity index (χ1) is 9.74. The molecule has 0 radical (unpaired) electrons. The van der Waals surface area contributed by atoms with Crippen LogP contribution in [0.25, 0.3) is 22.5 Å². The van der Waals surface area contributed by atoms with E-state index in [2.05, 4.69) is 25.9 Å². The minimum absolute atomic E-state index is 0.167. The highest BCUT2D eigenvalue weighted by atomic mass is 79.9. The molecule has 0 unspecified atom stereocenters. The highest BCUT2D eigenvalue weighted by Crippen LogP contribution is 2.30. The molecular formula is C16H11BrN2O. The van der Waals surface area contributed by atoms with Gasteiger partial charge in [-0.1, -0.05) is 28.1 Å². The van der Waals surface area contributed by atoms with E-state index in [1.807, 2.05) is 36.4 Å². The van der Waals surface area contributed by atoms with Crippen molar-refractivity contribution in [1.82, 2.24) is 9.97 Å². The molecule has 2 aromatic heterocycles. The Kier molecular flexibility index (Phi) is 3.48. The second-order valence-corrected chi connectivity index (χ2v) is 5.23. The number of aromatic hydroxyl groups is 1. The van der Waals surface area contributed by atoms with Crippen LogP contribution in [-0.2, 0) is 0 Å². The van der Waals surface area contributed by atoms with Crippen LogP contribution in [0.5, 0.6) is 5.75 Å². The lowest BCUT2D eigenvalue weighted by Gasteiger charge is -2.07. The normalized spacial score (nSPS) is 10.4. The average molecular weight is 327 g/mol. The van der Waals surface area contributed by atoms with Crippen molar-refractivity contribution in [3.63, 3.8) is 0 Å². The number of benzene rings is 1. The van der Waals surface area contributed by atoms with Crippen LogP contribution < -0.4 is 0 Å². The fraction of sp³-hybridized carbons (Fsp3) is 0. The largest absolute Gasteiger partial charge is 0.506 e. The molecule has 0 saturated heterocycles. The summed E-state index contributed by atoms with van der Waals surface area (Å²) in [6, 6.07) is 14.9. The van der Waals surface area contributed by atoms with E-state index in [-0.39, 0.29) is 5.75 Å². The van der Waals surface area contributed by atoms with Crippen LogP contribution in [0.15, 0.2) is 65.4 Å². The van der Waals surface area contributed by atoms with Gasteiger partial charge in [0.1, 0.15) is 11.4 Å². The van der Waals surface area contributed by atoms with Crippen LogP contribution in [-0.4, -0.2) is 15.1 Å². The number of pyridine rings is 2. The summed E-state index contributed by atoms with van der Waals surface area (Å²) in [5.41, 5.74) is 3.15. The van der Waals surface area contributed by atoms with Crippen LogP contribution in [0.1, 0.15) is 0 Å². The van der Waals surface area contributed by atoms with Crippen LogP contribution in [0.3, 0.4) is 0 Å². The van der Waals surface area contributed by atoms with E-state index in [9.17, 15) is 5.11 Å². The SMILES string of the molecule is Oc1ccc(-c2cccnc2)nc1-c1ccc(Br)cc1. The highest BCUT2D eigenvalue weighted by molar-refractivity contribution is 9.10. The maximum atomic E-state index is 10.0. The number of nitrogens with zero attached hydrogens (tertiary/aromatic N) is 2. The van der Waals surface area contributed by atoms with Crippen molar-refractivity contribution in [2.75, 3.05) is 0 Å². The maximum Gasteiger partial charge on any atom is 0.141 e. The van der Waals surface area contributed by atoms with Gasteiger partial charge >= 0.3 is 0 Å². The Hall–Kier alpha value is -2.20. The summed E-state index contributed by atoms with van der Waals surface area (Å²) >= 11 is 3.40. The minimum atomic E-state index is 0.167. The lowest BCUT2D eigenvalue weighted by Crippen LogP contribution is -1.89. The third-order valence-electron chi connectivity index (χ3n) is 2.95. The molecule has 0 amide bonds. The molecule has 0 spiro atoms. The van der Waals surface area contributed by atoms with Crippen LogP contribution in [0.2, 0.25) is 0 Å². The molecule has 0 fully saturated rings. The molecule has 0 aliphatic carbocycles. The lowest BCUT2D eigenvalue weighted by molar-refractivity contribution is 0.475. The van der Waals surface area contributed by atoms with Gasteiger partial charge < -0.3 is 5.11 Å². The molecule has 3 rings (SSSR count). The quantitative estimate of drug-likeness (QED) is 0.764. The zero-order valence-electron chi connectivity index (χ0n) is 10.5. The predicted molar refractivity (Wildman–Crippen MR) is 82.3 cm³/mol. The van der Waals surface area contributed by atoms with E-state index >= 15 is 0 Å². The maximum absolute atomic E-state index is 10.0. The molecule has 3 nitrogen and oxygen atoms in total. The van der Waals surface area contributed by atoms with Gasteiger partial charge in [0.25, 0.3) is 0 Å². The summed E-state index contributed by atoms with van der Waals surface area (Å²) < 4.78 is 0.990. The Morgan fingerprint density at radius 1 is 0.900 bits per heavy atom. The molecule has 3 aromatic rings. The molecule has 1 aromatic carbocycles. The lowest BCUT2D eigenvalue weighted by atomic mass is 10.1. The van der Waals surface area contributed by atoms with Crippen molar-refractivity contribution < 1.29 is 5.11 Å². The summed E-state index contributed by atoms with van der Waals surface area (Å²) in [5, 5.41) is 10.0. The van der Waals surface area contributed by atoms with Crippen molar-refractivity contribution in [3.05, 3.63) is 65.4 Å². The molecule has 0 atom stereocenters. The fourth-order valence-electron chi connectivity index (χ4n) is 1.95. The number of rotatable bonds is 2. The van der Waals surface area contributed by atoms with Crippen LogP contribution in [0, 0.1) is 0 Å². The topological polar surface area (TPSA) is 46.0 Å². The Balaban J connectivity index is 2.10. The van der Waals surface area contributed by atoms with E-state index in [0.29, 0.717) is 5.69 Å². The van der Waals surface area contributed by atoms with E-state index in [1.54, 1.807) is 24.5 Å². The zero-order valence-corrected chi connectivity index (χ0v) is 12.1. The van der Waals surface area contributed by atoms with Crippen molar-refractivity contribution in [3.8, 4) is 28.3 Å². The van der Waals surface area contributed by atoms with Gasteiger partial charge in [0, 0.05) is 28.0 Å². The second kappa shape index (κ2) is 5.43. The molecule has 1 N–H and O–H groups in total. The first-order valence-corrected chi connectivity index (χ1v) is 6.90. The third-order valence-corrected chi connectivity index (χ3v) is 3.48. The molecule has 0 aliphatic heterocycles. The second-order valence-electron chi connectivity index (χ2n) is 4.31. The zero-order chi connectivity index (χ0) is 13.9. The Morgan fingerprint density at radius 2 is 1.70 bits per heavy atom. The average Bonchev–Trinajstić information content (AvgIpc) is 2.50. The number of hydrogen-bond acceptors (Lipinski definition) is 3. The number of halogens is 1. The summed E-state index contributed by atoms with van der Waals surface area (Å²) in [5.74, 6) is 0.167. The monoisotopic (exact) mass is 326 g/mol. The van der Waals surface area contributed by atoms with Crippen LogP contribution >= 0.6 is 15.9 Å². The third kappa shape index (κ3) is 2.56. The molecule has 0 saturated carbocycles. The molecule has 0 bridgehead atoms. The molecule has 98 valence electrons. The van der Waals surface area contributed by atoms with Crippen LogP contribution in [0.4, 0.5) is 0 Å².